The van der Waals surface area contributed by atoms with Crippen LogP contribution < -0.4 is 15.4 Å². The van der Waals surface area contributed by atoms with Gasteiger partial charge in [-0.2, -0.15) is 5.10 Å². The summed E-state index contributed by atoms with van der Waals surface area (Å²) in [7, 11) is 1.82. The van der Waals surface area contributed by atoms with Crippen molar-refractivity contribution in [3.05, 3.63) is 103 Å². The highest BCUT2D eigenvalue weighted by Crippen LogP contribution is 2.36. The molecule has 2 aromatic carbocycles. The molecule has 42 heavy (non-hydrogen) atoms. The molecule has 6 rings (SSSR count). The Balaban J connectivity index is 1.18. The van der Waals surface area contributed by atoms with Gasteiger partial charge in [-0.1, -0.05) is 19.9 Å². The number of anilines is 2. The molecule has 0 saturated heterocycles. The third kappa shape index (κ3) is 5.68. The summed E-state index contributed by atoms with van der Waals surface area (Å²) in [5, 5.41) is 10.5. The van der Waals surface area contributed by atoms with Gasteiger partial charge in [0.15, 0.2) is 5.76 Å². The maximum Gasteiger partial charge on any atom is 0.323 e. The average Bonchev–Trinajstić information content (AvgIpc) is 3.61. The standard InChI is InChI=1S/C32H27FN6O3/c1-19(2)30-16-29(31(42-30)21-6-8-26-20(13-21)5-4-11-34-26)38-32(40)37-27-9-7-23(14-25(27)33)41-24-10-12-35-28(15-24)22-17-36-39(3)18-22/h4-19H,1-3H3,(H2,37,38,40). The quantitative estimate of drug-likeness (QED) is 0.204. The maximum absolute atomic E-state index is 15.0. The second-order valence-electron chi connectivity index (χ2n) is 10.1. The van der Waals surface area contributed by atoms with Gasteiger partial charge in [0.05, 0.1) is 28.8 Å². The predicted molar refractivity (Wildman–Crippen MR) is 159 cm³/mol. The molecule has 0 bridgehead atoms. The van der Waals surface area contributed by atoms with Crippen LogP contribution in [0.4, 0.5) is 20.6 Å². The molecule has 0 aliphatic heterocycles. The summed E-state index contributed by atoms with van der Waals surface area (Å²) in [6.45, 7) is 4.00. The van der Waals surface area contributed by atoms with Crippen molar-refractivity contribution >= 4 is 28.3 Å². The number of pyridine rings is 2. The number of rotatable bonds is 7. The Morgan fingerprint density at radius 3 is 2.55 bits per heavy atom. The fourth-order valence-electron chi connectivity index (χ4n) is 4.48. The number of furan rings is 1. The summed E-state index contributed by atoms with van der Waals surface area (Å²) in [6, 6.07) is 18.4. The van der Waals surface area contributed by atoms with Crippen molar-refractivity contribution in [1.29, 1.82) is 0 Å². The number of benzene rings is 2. The first-order valence-corrected chi connectivity index (χ1v) is 13.3. The molecule has 10 heteroatoms. The molecule has 0 aliphatic rings. The van der Waals surface area contributed by atoms with E-state index in [1.54, 1.807) is 47.5 Å². The second-order valence-corrected chi connectivity index (χ2v) is 10.1. The summed E-state index contributed by atoms with van der Waals surface area (Å²) in [4.78, 5) is 21.7. The fourth-order valence-corrected chi connectivity index (χ4v) is 4.48. The van der Waals surface area contributed by atoms with Gasteiger partial charge in [0.2, 0.25) is 0 Å². The third-order valence-electron chi connectivity index (χ3n) is 6.59. The van der Waals surface area contributed by atoms with E-state index < -0.39 is 11.8 Å². The molecule has 0 unspecified atom stereocenters. The van der Waals surface area contributed by atoms with Gasteiger partial charge >= 0.3 is 6.03 Å². The molecule has 0 aliphatic carbocycles. The predicted octanol–water partition coefficient (Wildman–Crippen LogP) is 7.99. The Hall–Kier alpha value is -5.51. The molecule has 2 N–H and O–H groups in total. The van der Waals surface area contributed by atoms with Crippen molar-refractivity contribution < 1.29 is 18.3 Å². The molecule has 0 atom stereocenters. The largest absolute Gasteiger partial charge is 0.459 e. The number of hydrogen-bond acceptors (Lipinski definition) is 6. The highest BCUT2D eigenvalue weighted by atomic mass is 19.1. The van der Waals surface area contributed by atoms with Crippen LogP contribution in [-0.4, -0.2) is 25.8 Å². The van der Waals surface area contributed by atoms with Gasteiger partial charge in [0.1, 0.15) is 23.1 Å². The Bertz CT molecular complexity index is 1910. The molecular formula is C32H27FN6O3. The first-order chi connectivity index (χ1) is 20.3. The SMILES string of the molecule is CC(C)c1cc(NC(=O)Nc2ccc(Oc3ccnc(-c4cnn(C)c4)c3)cc2F)c(-c2ccc3ncccc3c2)o1. The van der Waals surface area contributed by atoms with Gasteiger partial charge in [-0.15, -0.1) is 0 Å². The summed E-state index contributed by atoms with van der Waals surface area (Å²) >= 11 is 0. The zero-order valence-corrected chi connectivity index (χ0v) is 23.1. The number of carbonyl (C=O) groups is 1. The Labute approximate surface area is 241 Å². The number of aryl methyl sites for hydroxylation is 1. The number of nitrogens with one attached hydrogen (secondary N) is 2. The van der Waals surface area contributed by atoms with Crippen LogP contribution in [0.2, 0.25) is 0 Å². The van der Waals surface area contributed by atoms with Crippen LogP contribution in [0.25, 0.3) is 33.5 Å². The molecule has 210 valence electrons. The highest BCUT2D eigenvalue weighted by Gasteiger charge is 2.19. The normalized spacial score (nSPS) is 11.2. The number of halogens is 1. The highest BCUT2D eigenvalue weighted by molar-refractivity contribution is 6.02. The molecule has 6 aromatic rings. The van der Waals surface area contributed by atoms with Crippen LogP contribution >= 0.6 is 0 Å². The van der Waals surface area contributed by atoms with E-state index in [2.05, 4.69) is 25.7 Å². The van der Waals surface area contributed by atoms with Gasteiger partial charge in [0, 0.05) is 66.3 Å². The van der Waals surface area contributed by atoms with Gasteiger partial charge < -0.3 is 19.8 Å². The molecule has 0 saturated carbocycles. The number of aromatic nitrogens is 4. The summed E-state index contributed by atoms with van der Waals surface area (Å²) in [6.07, 6.45) is 6.89. The van der Waals surface area contributed by atoms with E-state index >= 15 is 4.39 Å². The van der Waals surface area contributed by atoms with Gasteiger partial charge in [-0.05, 0) is 42.5 Å². The number of ether oxygens (including phenoxy) is 1. The number of fused-ring (bicyclic) bond motifs is 1. The molecule has 0 fully saturated rings. The lowest BCUT2D eigenvalue weighted by Crippen LogP contribution is -2.20. The summed E-state index contributed by atoms with van der Waals surface area (Å²) < 4.78 is 28.7. The molecule has 2 amide bonds. The fraction of sp³-hybridized carbons (Fsp3) is 0.125. The molecule has 0 spiro atoms. The summed E-state index contributed by atoms with van der Waals surface area (Å²) in [5.41, 5.74) is 3.62. The van der Waals surface area contributed by atoms with Crippen molar-refractivity contribution in [2.75, 3.05) is 10.6 Å². The lowest BCUT2D eigenvalue weighted by Gasteiger charge is -2.11. The zero-order chi connectivity index (χ0) is 29.2. The van der Waals surface area contributed by atoms with Crippen molar-refractivity contribution in [1.82, 2.24) is 19.7 Å². The van der Waals surface area contributed by atoms with Crippen LogP contribution in [0.5, 0.6) is 11.5 Å². The monoisotopic (exact) mass is 562 g/mol. The van der Waals surface area contributed by atoms with Crippen LogP contribution in [0.15, 0.2) is 95.9 Å². The van der Waals surface area contributed by atoms with E-state index in [4.69, 9.17) is 9.15 Å². The Kier molecular flexibility index (Phi) is 7.10. The Morgan fingerprint density at radius 1 is 0.929 bits per heavy atom. The maximum atomic E-state index is 15.0. The minimum absolute atomic E-state index is 0.00321. The van der Waals surface area contributed by atoms with E-state index in [1.807, 2.05) is 57.4 Å². The van der Waals surface area contributed by atoms with Crippen molar-refractivity contribution in [2.24, 2.45) is 7.05 Å². The van der Waals surface area contributed by atoms with E-state index in [-0.39, 0.29) is 17.4 Å². The minimum atomic E-state index is -0.651. The molecule has 9 nitrogen and oxygen atoms in total. The lowest BCUT2D eigenvalue weighted by molar-refractivity contribution is 0.262. The first-order valence-electron chi connectivity index (χ1n) is 13.3. The summed E-state index contributed by atoms with van der Waals surface area (Å²) in [5.74, 6) is 1.41. The van der Waals surface area contributed by atoms with Crippen molar-refractivity contribution in [2.45, 2.75) is 19.8 Å². The molecule has 4 aromatic heterocycles. The third-order valence-corrected chi connectivity index (χ3v) is 6.59. The van der Waals surface area contributed by atoms with E-state index in [9.17, 15) is 4.79 Å². The minimum Gasteiger partial charge on any atom is -0.459 e. The van der Waals surface area contributed by atoms with E-state index in [1.165, 1.54) is 12.1 Å². The number of hydrogen-bond donors (Lipinski definition) is 2. The lowest BCUT2D eigenvalue weighted by atomic mass is 10.1. The molecule has 0 radical (unpaired) electrons. The van der Waals surface area contributed by atoms with Crippen molar-refractivity contribution in [3.8, 4) is 34.1 Å². The van der Waals surface area contributed by atoms with Crippen LogP contribution in [0.3, 0.4) is 0 Å². The number of nitrogens with zero attached hydrogens (tertiary/aromatic N) is 4. The van der Waals surface area contributed by atoms with Crippen LogP contribution in [0, 0.1) is 5.82 Å². The molecular weight excluding hydrogens is 535 g/mol. The van der Waals surface area contributed by atoms with E-state index in [0.717, 1.165) is 22.0 Å². The molecule has 4 heterocycles. The van der Waals surface area contributed by atoms with Gasteiger partial charge in [-0.25, -0.2) is 9.18 Å². The van der Waals surface area contributed by atoms with E-state index in [0.29, 0.717) is 28.7 Å². The number of amides is 2. The topological polar surface area (TPSA) is 107 Å². The first kappa shape index (κ1) is 26.7. The average molecular weight is 563 g/mol. The zero-order valence-electron chi connectivity index (χ0n) is 23.1. The number of carbonyl (C=O) groups excluding carboxylic acids is 1. The van der Waals surface area contributed by atoms with Crippen LogP contribution in [0.1, 0.15) is 25.5 Å². The van der Waals surface area contributed by atoms with Crippen molar-refractivity contribution in [3.63, 3.8) is 0 Å². The second kappa shape index (κ2) is 11.2. The van der Waals surface area contributed by atoms with Crippen LogP contribution in [-0.2, 0) is 7.05 Å². The van der Waals surface area contributed by atoms with Gasteiger partial charge in [-0.3, -0.25) is 14.6 Å². The number of urea groups is 1. The Morgan fingerprint density at radius 2 is 1.76 bits per heavy atom. The smallest absolute Gasteiger partial charge is 0.323 e. The van der Waals surface area contributed by atoms with Gasteiger partial charge in [0.25, 0.3) is 0 Å².